The molecule has 1 aliphatic heterocycles. The van der Waals surface area contributed by atoms with Gasteiger partial charge in [0.2, 0.25) is 0 Å². The molecule has 0 radical (unpaired) electrons. The van der Waals surface area contributed by atoms with Crippen molar-refractivity contribution in [2.45, 2.75) is 31.5 Å². The van der Waals surface area contributed by atoms with Crippen LogP contribution in [-0.2, 0) is 12.5 Å². The Morgan fingerprint density at radius 2 is 2.12 bits per heavy atom. The maximum absolute atomic E-state index is 12.3. The van der Waals surface area contributed by atoms with Crippen molar-refractivity contribution in [1.29, 1.82) is 0 Å². The standard InChI is InChI=1S/C8H12F3NO3.Tl/c9-8(10,11)7(13)12-4-2-1-3-6(12)5-15-14;/h6,14H,1-5H2;/q;+1/p-1/t6-;/m1./s1. The van der Waals surface area contributed by atoms with Crippen molar-refractivity contribution in [2.24, 2.45) is 0 Å². The van der Waals surface area contributed by atoms with Crippen LogP contribution in [0.4, 0.5) is 13.2 Å². The van der Waals surface area contributed by atoms with Crippen LogP contribution in [0.5, 0.6) is 0 Å². The van der Waals surface area contributed by atoms with Gasteiger partial charge < -0.3 is 0 Å². The van der Waals surface area contributed by atoms with Gasteiger partial charge in [-0.25, -0.2) is 0 Å². The van der Waals surface area contributed by atoms with Gasteiger partial charge in [0.05, 0.1) is 0 Å². The van der Waals surface area contributed by atoms with Gasteiger partial charge in [-0.3, -0.25) is 0 Å². The molecule has 1 atom stereocenters. The van der Waals surface area contributed by atoms with Crippen molar-refractivity contribution in [3.05, 3.63) is 0 Å². The third kappa shape index (κ3) is 3.84. The van der Waals surface area contributed by atoms with Crippen LogP contribution in [0.3, 0.4) is 0 Å². The van der Waals surface area contributed by atoms with Gasteiger partial charge in [-0.2, -0.15) is 0 Å². The van der Waals surface area contributed by atoms with Gasteiger partial charge in [0, 0.05) is 0 Å². The number of amides is 1. The zero-order valence-corrected chi connectivity index (χ0v) is 13.0. The number of nitrogens with zero attached hydrogens (tertiary/aromatic N) is 1. The first kappa shape index (κ1) is 14.2. The normalized spacial score (nSPS) is 22.1. The summed E-state index contributed by atoms with van der Waals surface area (Å²) in [5.41, 5.74) is 0. The molecule has 1 aliphatic rings. The van der Waals surface area contributed by atoms with Crippen molar-refractivity contribution in [3.63, 3.8) is 0 Å². The van der Waals surface area contributed by atoms with Crippen LogP contribution < -0.4 is 0 Å². The van der Waals surface area contributed by atoms with E-state index in [-0.39, 0.29) is 39.4 Å². The molecule has 16 heavy (non-hydrogen) atoms. The minimum absolute atomic E-state index is 0.0122. The quantitative estimate of drug-likeness (QED) is 0.380. The minimum atomic E-state index is -4.81. The van der Waals surface area contributed by atoms with E-state index in [1.165, 1.54) is 0 Å². The number of piperidine rings is 1. The Morgan fingerprint density at radius 1 is 1.44 bits per heavy atom. The zero-order valence-electron chi connectivity index (χ0n) is 8.50. The van der Waals surface area contributed by atoms with Crippen LogP contribution >= 0.6 is 0 Å². The molecule has 1 saturated heterocycles. The van der Waals surface area contributed by atoms with Gasteiger partial charge in [0.15, 0.2) is 0 Å². The molecular weight excluding hydrogens is 419 g/mol. The van der Waals surface area contributed by atoms with Gasteiger partial charge in [0.1, 0.15) is 0 Å². The molecule has 1 heterocycles. The summed E-state index contributed by atoms with van der Waals surface area (Å²) in [6.45, 7) is 0.147. The van der Waals surface area contributed by atoms with E-state index in [0.717, 1.165) is 11.3 Å². The van der Waals surface area contributed by atoms with Gasteiger partial charge in [-0.1, -0.05) is 0 Å². The molecular formula is C8H11F3NO3Tl. The fourth-order valence-electron chi connectivity index (χ4n) is 1.72. The first-order chi connectivity index (χ1) is 7.46. The zero-order chi connectivity index (χ0) is 12.2. The number of hydrogen-bond donors (Lipinski definition) is 0. The SMILES string of the molecule is O=C(N1CCCC[C@@H]1CO[O][Tl])C(F)(F)F. The van der Waals surface area contributed by atoms with Crippen molar-refractivity contribution in [1.82, 2.24) is 4.90 Å². The van der Waals surface area contributed by atoms with E-state index in [4.69, 9.17) is 0 Å². The van der Waals surface area contributed by atoms with E-state index in [0.29, 0.717) is 12.8 Å². The molecule has 1 rings (SSSR count). The molecule has 0 aromatic heterocycles. The average Bonchev–Trinajstić information content (AvgIpc) is 2.24. The summed E-state index contributed by atoms with van der Waals surface area (Å²) in [6, 6.07) is -0.526. The summed E-state index contributed by atoms with van der Waals surface area (Å²) >= 11 is 0.167. The van der Waals surface area contributed by atoms with Crippen molar-refractivity contribution in [3.8, 4) is 0 Å². The monoisotopic (exact) mass is 431 g/mol. The molecule has 0 aromatic carbocycles. The summed E-state index contributed by atoms with van der Waals surface area (Å²) in [6.07, 6.45) is -2.88. The van der Waals surface area contributed by atoms with Gasteiger partial charge in [0.25, 0.3) is 0 Å². The predicted octanol–water partition coefficient (Wildman–Crippen LogP) is 0.962. The van der Waals surface area contributed by atoms with Crippen LogP contribution in [0.15, 0.2) is 0 Å². The molecule has 0 N–H and O–H groups in total. The summed E-state index contributed by atoms with van der Waals surface area (Å²) in [5.74, 6) is -1.78. The number of likely N-dealkylation sites (tertiary alicyclic amines) is 1. The topological polar surface area (TPSA) is 38.8 Å². The molecule has 4 nitrogen and oxygen atoms in total. The fraction of sp³-hybridized carbons (Fsp3) is 0.875. The van der Waals surface area contributed by atoms with Crippen molar-refractivity contribution >= 4 is 32.1 Å². The van der Waals surface area contributed by atoms with Crippen molar-refractivity contribution in [2.75, 3.05) is 13.2 Å². The summed E-state index contributed by atoms with van der Waals surface area (Å²) in [7, 11) is 0. The number of rotatable bonds is 3. The van der Waals surface area contributed by atoms with Gasteiger partial charge in [-0.15, -0.1) is 0 Å². The van der Waals surface area contributed by atoms with E-state index in [9.17, 15) is 18.0 Å². The van der Waals surface area contributed by atoms with Crippen LogP contribution in [0.1, 0.15) is 19.3 Å². The number of hydrogen-bond acceptors (Lipinski definition) is 3. The van der Waals surface area contributed by atoms with E-state index in [1.807, 2.05) is 0 Å². The van der Waals surface area contributed by atoms with Gasteiger partial charge in [-0.05, 0) is 0 Å². The first-order valence-corrected chi connectivity index (χ1v) is 6.66. The van der Waals surface area contributed by atoms with Crippen molar-refractivity contribution < 1.29 is 25.7 Å². The molecule has 0 aliphatic carbocycles. The summed E-state index contributed by atoms with van der Waals surface area (Å²) in [4.78, 5) is 16.6. The number of halogens is 3. The average molecular weight is 431 g/mol. The Balaban J connectivity index is 2.63. The molecule has 0 bridgehead atoms. The Hall–Kier alpha value is 0.102. The molecule has 90 valence electrons. The maximum atomic E-state index is 12.3. The second-order valence-corrected chi connectivity index (χ2v) is 4.27. The molecule has 1 fully saturated rings. The number of carbonyl (C=O) groups is 1. The third-order valence-electron chi connectivity index (χ3n) is 2.46. The van der Waals surface area contributed by atoms with Crippen LogP contribution in [-0.4, -0.2) is 62.4 Å². The third-order valence-corrected chi connectivity index (χ3v) is 2.99. The Labute approximate surface area is 107 Å². The molecule has 1 amide bonds. The van der Waals surface area contributed by atoms with E-state index < -0.39 is 18.1 Å². The Bertz CT molecular complexity index is 249. The first-order valence-electron chi connectivity index (χ1n) is 4.83. The van der Waals surface area contributed by atoms with Crippen LogP contribution in [0.25, 0.3) is 0 Å². The fourth-order valence-corrected chi connectivity index (χ4v) is 2.03. The molecule has 0 saturated carbocycles. The van der Waals surface area contributed by atoms with E-state index in [2.05, 4.69) is 7.73 Å². The Kier molecular flexibility index (Phi) is 5.44. The number of carbonyl (C=O) groups excluding carboxylic acids is 1. The van der Waals surface area contributed by atoms with E-state index >= 15 is 0 Å². The summed E-state index contributed by atoms with van der Waals surface area (Å²) in [5, 5.41) is 0. The molecule has 0 spiro atoms. The molecule has 0 unspecified atom stereocenters. The van der Waals surface area contributed by atoms with E-state index in [1.54, 1.807) is 0 Å². The van der Waals surface area contributed by atoms with Crippen LogP contribution in [0.2, 0.25) is 0 Å². The molecule has 8 heteroatoms. The second-order valence-electron chi connectivity index (χ2n) is 3.53. The summed E-state index contributed by atoms with van der Waals surface area (Å²) < 4.78 is 41.3. The second kappa shape index (κ2) is 6.15. The van der Waals surface area contributed by atoms with Gasteiger partial charge >= 0.3 is 107 Å². The number of alkyl halides is 3. The van der Waals surface area contributed by atoms with Crippen LogP contribution in [0, 0.1) is 0 Å². The Morgan fingerprint density at radius 3 is 2.69 bits per heavy atom. The molecule has 0 aromatic rings. The predicted molar refractivity (Wildman–Crippen MR) is 48.2 cm³/mol.